The highest BCUT2D eigenvalue weighted by Gasteiger charge is 2.30. The first-order chi connectivity index (χ1) is 8.25. The molecule has 0 radical (unpaired) electrons. The number of hydrogen-bond acceptors (Lipinski definition) is 5. The quantitative estimate of drug-likeness (QED) is 0.868. The minimum atomic E-state index is -0.361. The molecule has 0 aliphatic heterocycles. The second-order valence-electron chi connectivity index (χ2n) is 4.48. The zero-order valence-corrected chi connectivity index (χ0v) is 9.63. The van der Waals surface area contributed by atoms with Crippen LogP contribution in [0.5, 0.6) is 0 Å². The smallest absolute Gasteiger partial charge is 0.229 e. The Morgan fingerprint density at radius 1 is 1.47 bits per heavy atom. The molecule has 2 aromatic rings. The molecule has 0 saturated heterocycles. The van der Waals surface area contributed by atoms with Gasteiger partial charge in [0.05, 0.1) is 6.04 Å². The molecular formula is C12H14N4O. The molecular weight excluding hydrogens is 216 g/mol. The van der Waals surface area contributed by atoms with Crippen LogP contribution in [0.25, 0.3) is 0 Å². The Morgan fingerprint density at radius 2 is 2.29 bits per heavy atom. The van der Waals surface area contributed by atoms with Crippen LogP contribution >= 0.6 is 0 Å². The summed E-state index contributed by atoms with van der Waals surface area (Å²) in [5, 5.41) is 3.96. The van der Waals surface area contributed by atoms with Gasteiger partial charge in [-0.05, 0) is 37.0 Å². The fourth-order valence-corrected chi connectivity index (χ4v) is 1.81. The van der Waals surface area contributed by atoms with Gasteiger partial charge < -0.3 is 10.3 Å². The second kappa shape index (κ2) is 3.92. The lowest BCUT2D eigenvalue weighted by Crippen LogP contribution is -2.15. The molecule has 0 spiro atoms. The summed E-state index contributed by atoms with van der Waals surface area (Å²) in [6.45, 7) is 2.00. The monoisotopic (exact) mass is 230 g/mol. The molecule has 0 bridgehead atoms. The Labute approximate surface area is 99.1 Å². The number of nitrogens with two attached hydrogens (primary N) is 1. The zero-order chi connectivity index (χ0) is 11.8. The molecule has 88 valence electrons. The molecule has 3 rings (SSSR count). The maximum atomic E-state index is 6.13. The van der Waals surface area contributed by atoms with Crippen LogP contribution in [0.3, 0.4) is 0 Å². The van der Waals surface area contributed by atoms with Gasteiger partial charge in [0.1, 0.15) is 0 Å². The highest BCUT2D eigenvalue weighted by atomic mass is 16.5. The first-order valence-corrected chi connectivity index (χ1v) is 5.75. The van der Waals surface area contributed by atoms with E-state index in [9.17, 15) is 0 Å². The Balaban J connectivity index is 1.89. The minimum absolute atomic E-state index is 0.361. The molecule has 17 heavy (non-hydrogen) atoms. The Kier molecular flexibility index (Phi) is 2.40. The largest absolute Gasteiger partial charge is 0.339 e. The Morgan fingerprint density at radius 3 is 3.00 bits per heavy atom. The number of nitrogens with zero attached hydrogens (tertiary/aromatic N) is 3. The Bertz CT molecular complexity index is 533. The van der Waals surface area contributed by atoms with Crippen LogP contribution in [-0.4, -0.2) is 15.1 Å². The van der Waals surface area contributed by atoms with Gasteiger partial charge in [0.15, 0.2) is 5.82 Å². The van der Waals surface area contributed by atoms with E-state index in [1.165, 1.54) is 0 Å². The molecule has 2 N–H and O–H groups in total. The molecule has 0 aromatic carbocycles. The van der Waals surface area contributed by atoms with Crippen LogP contribution in [-0.2, 0) is 0 Å². The van der Waals surface area contributed by atoms with Gasteiger partial charge in [-0.15, -0.1) is 0 Å². The molecule has 2 heterocycles. The van der Waals surface area contributed by atoms with E-state index in [2.05, 4.69) is 15.1 Å². The summed E-state index contributed by atoms with van der Waals surface area (Å²) >= 11 is 0. The van der Waals surface area contributed by atoms with Crippen molar-refractivity contribution in [1.82, 2.24) is 15.1 Å². The molecule has 5 nitrogen and oxygen atoms in total. The summed E-state index contributed by atoms with van der Waals surface area (Å²) in [6.07, 6.45) is 5.79. The van der Waals surface area contributed by atoms with Gasteiger partial charge in [-0.1, -0.05) is 5.16 Å². The van der Waals surface area contributed by atoms with E-state index in [0.29, 0.717) is 11.7 Å². The van der Waals surface area contributed by atoms with Gasteiger partial charge in [-0.2, -0.15) is 4.98 Å². The summed E-state index contributed by atoms with van der Waals surface area (Å²) in [5.74, 6) is 1.72. The fraction of sp³-hybridized carbons (Fsp3) is 0.417. The first-order valence-electron chi connectivity index (χ1n) is 5.75. The van der Waals surface area contributed by atoms with E-state index in [1.54, 1.807) is 12.4 Å². The molecule has 1 atom stereocenters. The second-order valence-corrected chi connectivity index (χ2v) is 4.48. The Hall–Kier alpha value is -1.75. The highest BCUT2D eigenvalue weighted by molar-refractivity contribution is 5.29. The van der Waals surface area contributed by atoms with E-state index >= 15 is 0 Å². The number of rotatable bonds is 3. The van der Waals surface area contributed by atoms with Crippen molar-refractivity contribution in [2.75, 3.05) is 0 Å². The van der Waals surface area contributed by atoms with Crippen molar-refractivity contribution in [1.29, 1.82) is 0 Å². The average Bonchev–Trinajstić information content (AvgIpc) is 3.07. The molecule has 1 unspecified atom stereocenters. The maximum Gasteiger partial charge on any atom is 0.229 e. The first kappa shape index (κ1) is 10.4. The van der Waals surface area contributed by atoms with Crippen LogP contribution in [0.15, 0.2) is 23.0 Å². The van der Waals surface area contributed by atoms with Crippen LogP contribution in [0.1, 0.15) is 47.6 Å². The summed E-state index contributed by atoms with van der Waals surface area (Å²) in [5.41, 5.74) is 8.15. The number of aryl methyl sites for hydroxylation is 1. The standard InChI is InChI=1S/C12H14N4O/c1-7-4-5-14-6-9(7)10(13)11-15-12(17-16-11)8-2-3-8/h4-6,8,10H,2-3,13H2,1H3. The van der Waals surface area contributed by atoms with Gasteiger partial charge in [-0.25, -0.2) is 0 Å². The van der Waals surface area contributed by atoms with Crippen molar-refractivity contribution in [2.45, 2.75) is 31.7 Å². The lowest BCUT2D eigenvalue weighted by molar-refractivity contribution is 0.372. The highest BCUT2D eigenvalue weighted by Crippen LogP contribution is 2.39. The summed E-state index contributed by atoms with van der Waals surface area (Å²) in [4.78, 5) is 8.44. The minimum Gasteiger partial charge on any atom is -0.339 e. The third-order valence-corrected chi connectivity index (χ3v) is 3.08. The van der Waals surface area contributed by atoms with Crippen LogP contribution in [0, 0.1) is 6.92 Å². The van der Waals surface area contributed by atoms with Gasteiger partial charge >= 0.3 is 0 Å². The van der Waals surface area contributed by atoms with Gasteiger partial charge in [0.25, 0.3) is 0 Å². The molecule has 1 aliphatic carbocycles. The van der Waals surface area contributed by atoms with Crippen LogP contribution < -0.4 is 5.73 Å². The molecule has 1 fully saturated rings. The SMILES string of the molecule is Cc1ccncc1C(N)c1noc(C2CC2)n1. The van der Waals surface area contributed by atoms with Gasteiger partial charge in [0, 0.05) is 18.3 Å². The van der Waals surface area contributed by atoms with Crippen molar-refractivity contribution in [3.8, 4) is 0 Å². The average molecular weight is 230 g/mol. The van der Waals surface area contributed by atoms with E-state index in [4.69, 9.17) is 10.3 Å². The predicted octanol–water partition coefficient (Wildman–Crippen LogP) is 1.70. The normalized spacial score (nSPS) is 17.1. The van der Waals surface area contributed by atoms with Crippen molar-refractivity contribution in [2.24, 2.45) is 5.73 Å². The third kappa shape index (κ3) is 1.93. The summed E-state index contributed by atoms with van der Waals surface area (Å²) in [7, 11) is 0. The van der Waals surface area contributed by atoms with Gasteiger partial charge in [0.2, 0.25) is 5.89 Å². The van der Waals surface area contributed by atoms with Crippen LogP contribution in [0.2, 0.25) is 0 Å². The summed E-state index contributed by atoms with van der Waals surface area (Å²) in [6, 6.07) is 1.57. The van der Waals surface area contributed by atoms with Gasteiger partial charge in [-0.3, -0.25) is 4.98 Å². The molecule has 5 heteroatoms. The molecule has 0 amide bonds. The maximum absolute atomic E-state index is 6.13. The van der Waals surface area contributed by atoms with E-state index < -0.39 is 0 Å². The third-order valence-electron chi connectivity index (χ3n) is 3.08. The molecule has 1 aliphatic rings. The van der Waals surface area contributed by atoms with E-state index in [0.717, 1.165) is 29.9 Å². The van der Waals surface area contributed by atoms with Crippen molar-refractivity contribution in [3.63, 3.8) is 0 Å². The van der Waals surface area contributed by atoms with E-state index in [1.807, 2.05) is 13.0 Å². The van der Waals surface area contributed by atoms with E-state index in [-0.39, 0.29) is 6.04 Å². The predicted molar refractivity (Wildman–Crippen MR) is 61.3 cm³/mol. The molecule has 1 saturated carbocycles. The number of pyridine rings is 1. The molecule has 2 aromatic heterocycles. The topological polar surface area (TPSA) is 77.8 Å². The van der Waals surface area contributed by atoms with Crippen LogP contribution in [0.4, 0.5) is 0 Å². The number of aromatic nitrogens is 3. The zero-order valence-electron chi connectivity index (χ0n) is 9.63. The van der Waals surface area contributed by atoms with Crippen molar-refractivity contribution in [3.05, 3.63) is 41.3 Å². The van der Waals surface area contributed by atoms with Crippen molar-refractivity contribution < 1.29 is 4.52 Å². The van der Waals surface area contributed by atoms with Crippen molar-refractivity contribution >= 4 is 0 Å². The lowest BCUT2D eigenvalue weighted by atomic mass is 10.0. The summed E-state index contributed by atoms with van der Waals surface area (Å²) < 4.78 is 5.21. The lowest BCUT2D eigenvalue weighted by Gasteiger charge is -2.09. The number of hydrogen-bond donors (Lipinski definition) is 1. The fourth-order valence-electron chi connectivity index (χ4n) is 1.81.